The number of rotatable bonds is 9. The van der Waals surface area contributed by atoms with Gasteiger partial charge < -0.3 is 16.4 Å². The van der Waals surface area contributed by atoms with Crippen molar-refractivity contribution in [3.05, 3.63) is 11.9 Å². The Morgan fingerprint density at radius 3 is 2.69 bits per heavy atom. The SMILES string of the molecule is CCNCN(C)C/C=C(\N)NCCC(C)C. The molecular formula is C12H28N4. The largest absolute Gasteiger partial charge is 0.386 e. The van der Waals surface area contributed by atoms with Crippen molar-refractivity contribution in [3.8, 4) is 0 Å². The van der Waals surface area contributed by atoms with Gasteiger partial charge in [0, 0.05) is 19.8 Å². The van der Waals surface area contributed by atoms with Crippen molar-refractivity contribution < 1.29 is 0 Å². The Hall–Kier alpha value is -0.740. The number of likely N-dealkylation sites (N-methyl/N-ethyl adjacent to an activating group) is 1. The third-order valence-corrected chi connectivity index (χ3v) is 2.31. The van der Waals surface area contributed by atoms with Crippen LogP contribution in [0.3, 0.4) is 0 Å². The summed E-state index contributed by atoms with van der Waals surface area (Å²) in [6, 6.07) is 0. The highest BCUT2D eigenvalue weighted by atomic mass is 15.2. The summed E-state index contributed by atoms with van der Waals surface area (Å²) < 4.78 is 0. The Bertz CT molecular complexity index is 189. The molecule has 0 atom stereocenters. The van der Waals surface area contributed by atoms with Crippen molar-refractivity contribution in [2.75, 3.05) is 33.4 Å². The standard InChI is InChI=1S/C12H28N4/c1-5-14-10-16(4)9-7-12(13)15-8-6-11(2)3/h7,11,14-15H,5-6,8-10,13H2,1-4H3/b12-7+. The molecule has 0 aliphatic carbocycles. The van der Waals surface area contributed by atoms with Gasteiger partial charge in [0.25, 0.3) is 0 Å². The molecule has 0 aliphatic heterocycles. The van der Waals surface area contributed by atoms with E-state index in [0.29, 0.717) is 0 Å². The van der Waals surface area contributed by atoms with Crippen LogP contribution in [0, 0.1) is 5.92 Å². The van der Waals surface area contributed by atoms with E-state index >= 15 is 0 Å². The molecule has 4 N–H and O–H groups in total. The lowest BCUT2D eigenvalue weighted by Crippen LogP contribution is -2.32. The van der Waals surface area contributed by atoms with Gasteiger partial charge >= 0.3 is 0 Å². The average Bonchev–Trinajstić information content (AvgIpc) is 2.23. The van der Waals surface area contributed by atoms with E-state index in [1.54, 1.807) is 0 Å². The van der Waals surface area contributed by atoms with Gasteiger partial charge in [0.2, 0.25) is 0 Å². The molecule has 4 nitrogen and oxygen atoms in total. The van der Waals surface area contributed by atoms with Crippen molar-refractivity contribution in [3.63, 3.8) is 0 Å². The molecule has 0 fully saturated rings. The molecular weight excluding hydrogens is 200 g/mol. The maximum absolute atomic E-state index is 5.84. The fourth-order valence-corrected chi connectivity index (χ4v) is 1.20. The first-order chi connectivity index (χ1) is 7.56. The van der Waals surface area contributed by atoms with Gasteiger partial charge in [0.1, 0.15) is 0 Å². The highest BCUT2D eigenvalue weighted by Gasteiger charge is 1.96. The lowest BCUT2D eigenvalue weighted by molar-refractivity contribution is 0.340. The van der Waals surface area contributed by atoms with E-state index in [4.69, 9.17) is 5.73 Å². The summed E-state index contributed by atoms with van der Waals surface area (Å²) in [5.74, 6) is 1.50. The summed E-state index contributed by atoms with van der Waals surface area (Å²) in [7, 11) is 2.07. The quantitative estimate of drug-likeness (QED) is 0.514. The van der Waals surface area contributed by atoms with Crippen molar-refractivity contribution in [2.45, 2.75) is 27.2 Å². The highest BCUT2D eigenvalue weighted by molar-refractivity contribution is 4.95. The normalized spacial score (nSPS) is 12.5. The molecule has 0 heterocycles. The molecule has 0 spiro atoms. The highest BCUT2D eigenvalue weighted by Crippen LogP contribution is 1.96. The van der Waals surface area contributed by atoms with Crippen LogP contribution in [0.15, 0.2) is 11.9 Å². The number of hydrogen-bond acceptors (Lipinski definition) is 4. The second-order valence-corrected chi connectivity index (χ2v) is 4.57. The Morgan fingerprint density at radius 1 is 1.44 bits per heavy atom. The molecule has 0 bridgehead atoms. The predicted octanol–water partition coefficient (Wildman–Crippen LogP) is 0.921. The molecule has 0 aromatic rings. The molecule has 16 heavy (non-hydrogen) atoms. The van der Waals surface area contributed by atoms with Gasteiger partial charge in [-0.2, -0.15) is 0 Å². The van der Waals surface area contributed by atoms with E-state index in [1.165, 1.54) is 0 Å². The van der Waals surface area contributed by atoms with E-state index in [2.05, 4.69) is 43.4 Å². The van der Waals surface area contributed by atoms with Crippen LogP contribution in [-0.2, 0) is 0 Å². The summed E-state index contributed by atoms with van der Waals surface area (Å²) in [5.41, 5.74) is 5.84. The van der Waals surface area contributed by atoms with E-state index in [1.807, 2.05) is 6.08 Å². The molecule has 0 aromatic carbocycles. The fraction of sp³-hybridized carbons (Fsp3) is 0.833. The van der Waals surface area contributed by atoms with Crippen molar-refractivity contribution in [2.24, 2.45) is 11.7 Å². The van der Waals surface area contributed by atoms with Crippen molar-refractivity contribution >= 4 is 0 Å². The zero-order chi connectivity index (χ0) is 12.4. The molecule has 4 heteroatoms. The van der Waals surface area contributed by atoms with Gasteiger partial charge in [-0.25, -0.2) is 0 Å². The second kappa shape index (κ2) is 9.48. The minimum atomic E-state index is 0.719. The molecule has 0 saturated carbocycles. The van der Waals surface area contributed by atoms with Gasteiger partial charge in [0.05, 0.1) is 5.82 Å². The van der Waals surface area contributed by atoms with Crippen LogP contribution in [0.4, 0.5) is 0 Å². The topological polar surface area (TPSA) is 53.3 Å². The van der Waals surface area contributed by atoms with Gasteiger partial charge in [-0.3, -0.25) is 4.90 Å². The van der Waals surface area contributed by atoms with Gasteiger partial charge in [0.15, 0.2) is 0 Å². The Balaban J connectivity index is 3.60. The van der Waals surface area contributed by atoms with Crippen LogP contribution >= 0.6 is 0 Å². The van der Waals surface area contributed by atoms with Crippen LogP contribution in [0.25, 0.3) is 0 Å². The monoisotopic (exact) mass is 228 g/mol. The first kappa shape index (κ1) is 15.3. The maximum Gasteiger partial charge on any atom is 0.0931 e. The minimum Gasteiger partial charge on any atom is -0.386 e. The predicted molar refractivity (Wildman–Crippen MR) is 70.9 cm³/mol. The molecule has 0 rings (SSSR count). The van der Waals surface area contributed by atoms with Crippen molar-refractivity contribution in [1.82, 2.24) is 15.5 Å². The van der Waals surface area contributed by atoms with Crippen LogP contribution in [-0.4, -0.2) is 38.3 Å². The third-order valence-electron chi connectivity index (χ3n) is 2.31. The Morgan fingerprint density at radius 2 is 2.12 bits per heavy atom. The molecule has 0 aromatic heterocycles. The van der Waals surface area contributed by atoms with Crippen LogP contribution < -0.4 is 16.4 Å². The summed E-state index contributed by atoms with van der Waals surface area (Å²) in [6.07, 6.45) is 3.18. The smallest absolute Gasteiger partial charge is 0.0931 e. The third kappa shape index (κ3) is 9.80. The summed E-state index contributed by atoms with van der Waals surface area (Å²) in [6.45, 7) is 10.2. The Kier molecular flexibility index (Phi) is 9.04. The zero-order valence-electron chi connectivity index (χ0n) is 11.2. The number of nitrogens with one attached hydrogen (secondary N) is 2. The van der Waals surface area contributed by atoms with Gasteiger partial charge in [-0.1, -0.05) is 20.8 Å². The first-order valence-electron chi connectivity index (χ1n) is 6.15. The lowest BCUT2D eigenvalue weighted by atomic mass is 10.1. The second-order valence-electron chi connectivity index (χ2n) is 4.57. The zero-order valence-corrected chi connectivity index (χ0v) is 11.2. The average molecular weight is 228 g/mol. The molecule has 0 aliphatic rings. The van der Waals surface area contributed by atoms with E-state index in [0.717, 1.165) is 44.5 Å². The maximum atomic E-state index is 5.84. The van der Waals surface area contributed by atoms with Crippen LogP contribution in [0.2, 0.25) is 0 Å². The summed E-state index contributed by atoms with van der Waals surface area (Å²) in [5, 5.41) is 6.48. The van der Waals surface area contributed by atoms with E-state index < -0.39 is 0 Å². The number of nitrogens with zero attached hydrogens (tertiary/aromatic N) is 1. The van der Waals surface area contributed by atoms with E-state index in [9.17, 15) is 0 Å². The van der Waals surface area contributed by atoms with Gasteiger partial charge in [-0.15, -0.1) is 0 Å². The first-order valence-corrected chi connectivity index (χ1v) is 6.15. The molecule has 0 amide bonds. The van der Waals surface area contributed by atoms with Crippen LogP contribution in [0.1, 0.15) is 27.2 Å². The molecule has 0 radical (unpaired) electrons. The Labute approximate surface area is 100 Å². The van der Waals surface area contributed by atoms with E-state index in [-0.39, 0.29) is 0 Å². The molecule has 0 unspecified atom stereocenters. The summed E-state index contributed by atoms with van der Waals surface area (Å²) >= 11 is 0. The number of hydrogen-bond donors (Lipinski definition) is 3. The van der Waals surface area contributed by atoms with Crippen molar-refractivity contribution in [1.29, 1.82) is 0 Å². The molecule has 0 saturated heterocycles. The fourth-order valence-electron chi connectivity index (χ4n) is 1.20. The van der Waals surface area contributed by atoms with Crippen LogP contribution in [0.5, 0.6) is 0 Å². The summed E-state index contributed by atoms with van der Waals surface area (Å²) in [4.78, 5) is 2.18. The van der Waals surface area contributed by atoms with Gasteiger partial charge in [-0.05, 0) is 32.0 Å². The molecule has 96 valence electrons. The number of nitrogens with two attached hydrogens (primary N) is 1. The lowest BCUT2D eigenvalue weighted by Gasteiger charge is -2.15. The minimum absolute atomic E-state index is 0.719.